The lowest BCUT2D eigenvalue weighted by Crippen LogP contribution is -1.95. The highest BCUT2D eigenvalue weighted by Crippen LogP contribution is 2.28. The van der Waals surface area contributed by atoms with E-state index < -0.39 is 0 Å². The molecule has 1 unspecified atom stereocenters. The van der Waals surface area contributed by atoms with Crippen molar-refractivity contribution in [2.75, 3.05) is 0 Å². The second-order valence-corrected chi connectivity index (χ2v) is 8.27. The lowest BCUT2D eigenvalue weighted by atomic mass is 9.91. The Balaban J connectivity index is 1.34. The molecule has 0 fully saturated rings. The zero-order chi connectivity index (χ0) is 21.0. The zero-order valence-electron chi connectivity index (χ0n) is 17.8. The van der Waals surface area contributed by atoms with E-state index in [1.54, 1.807) is 0 Å². The summed E-state index contributed by atoms with van der Waals surface area (Å²) in [5.41, 5.74) is 7.95. The highest BCUT2D eigenvalue weighted by atomic mass is 14.1. The van der Waals surface area contributed by atoms with Crippen molar-refractivity contribution in [1.29, 1.82) is 0 Å². The molecular weight excluding hydrogens is 372 g/mol. The van der Waals surface area contributed by atoms with E-state index in [-0.39, 0.29) is 0 Å². The molecule has 0 spiro atoms. The minimum atomic E-state index is 0.401. The number of rotatable bonds is 5. The largest absolute Gasteiger partial charge is 0.0622 e. The van der Waals surface area contributed by atoms with Crippen LogP contribution in [0.5, 0.6) is 0 Å². The van der Waals surface area contributed by atoms with E-state index in [9.17, 15) is 0 Å². The first-order chi connectivity index (χ1) is 15.3. The van der Waals surface area contributed by atoms with Crippen LogP contribution >= 0.6 is 0 Å². The molecule has 5 aromatic rings. The normalized spacial score (nSPS) is 12.0. The van der Waals surface area contributed by atoms with Crippen LogP contribution in [0.15, 0.2) is 121 Å². The Hall–Kier alpha value is -3.64. The third-order valence-corrected chi connectivity index (χ3v) is 6.27. The van der Waals surface area contributed by atoms with Crippen LogP contribution in [0.3, 0.4) is 0 Å². The van der Waals surface area contributed by atoms with E-state index in [2.05, 4.69) is 128 Å². The summed E-state index contributed by atoms with van der Waals surface area (Å²) >= 11 is 0. The van der Waals surface area contributed by atoms with Gasteiger partial charge in [0.05, 0.1) is 0 Å². The van der Waals surface area contributed by atoms with E-state index in [0.717, 1.165) is 6.42 Å². The van der Waals surface area contributed by atoms with Crippen molar-refractivity contribution >= 4 is 10.8 Å². The van der Waals surface area contributed by atoms with Crippen LogP contribution in [0.2, 0.25) is 0 Å². The maximum absolute atomic E-state index is 2.27. The van der Waals surface area contributed by atoms with Gasteiger partial charge in [0, 0.05) is 5.92 Å². The Morgan fingerprint density at radius 2 is 1.10 bits per heavy atom. The number of hydrogen-bond donors (Lipinski definition) is 0. The van der Waals surface area contributed by atoms with Gasteiger partial charge in [0.15, 0.2) is 0 Å². The molecule has 5 aromatic carbocycles. The molecule has 0 amide bonds. The van der Waals surface area contributed by atoms with Crippen molar-refractivity contribution in [3.05, 3.63) is 144 Å². The fourth-order valence-electron chi connectivity index (χ4n) is 4.38. The van der Waals surface area contributed by atoms with Crippen LogP contribution in [-0.4, -0.2) is 0 Å². The summed E-state index contributed by atoms with van der Waals surface area (Å²) in [4.78, 5) is 0. The van der Waals surface area contributed by atoms with Gasteiger partial charge in [-0.15, -0.1) is 0 Å². The Bertz CT molecular complexity index is 1270. The molecule has 0 N–H and O–H groups in total. The molecule has 0 radical (unpaired) electrons. The molecular formula is C31H26. The average molecular weight is 399 g/mol. The highest BCUT2D eigenvalue weighted by molar-refractivity contribution is 5.86. The molecule has 0 saturated carbocycles. The molecule has 0 aliphatic rings. The number of hydrogen-bond acceptors (Lipinski definition) is 0. The van der Waals surface area contributed by atoms with Crippen LogP contribution in [0.25, 0.3) is 21.9 Å². The Morgan fingerprint density at radius 3 is 1.84 bits per heavy atom. The molecule has 0 saturated heterocycles. The second kappa shape index (κ2) is 8.62. The number of benzene rings is 5. The van der Waals surface area contributed by atoms with Gasteiger partial charge in [0.1, 0.15) is 0 Å². The summed E-state index contributed by atoms with van der Waals surface area (Å²) in [6.07, 6.45) is 0.954. The molecule has 0 heteroatoms. The lowest BCUT2D eigenvalue weighted by molar-refractivity contribution is 0.923. The van der Waals surface area contributed by atoms with Crippen molar-refractivity contribution < 1.29 is 0 Å². The van der Waals surface area contributed by atoms with Crippen LogP contribution < -0.4 is 0 Å². The fourth-order valence-corrected chi connectivity index (χ4v) is 4.38. The summed E-state index contributed by atoms with van der Waals surface area (Å²) in [5, 5.41) is 2.65. The second-order valence-electron chi connectivity index (χ2n) is 8.27. The molecule has 0 aromatic heterocycles. The summed E-state index contributed by atoms with van der Waals surface area (Å²) < 4.78 is 0. The Labute approximate surface area is 184 Å². The topological polar surface area (TPSA) is 0 Å². The highest BCUT2D eigenvalue weighted by Gasteiger charge is 2.08. The SMILES string of the molecule is CC(c1ccccc1)c1ccc(-c2ccc(Cc3cccc4ccccc34)cc2)cc1. The predicted molar refractivity (Wildman–Crippen MR) is 133 cm³/mol. The third kappa shape index (κ3) is 4.15. The van der Waals surface area contributed by atoms with E-state index in [1.807, 2.05) is 0 Å². The quantitative estimate of drug-likeness (QED) is 0.279. The zero-order valence-corrected chi connectivity index (χ0v) is 17.8. The molecule has 0 aliphatic heterocycles. The average Bonchev–Trinajstić information content (AvgIpc) is 2.85. The minimum Gasteiger partial charge on any atom is -0.0622 e. The van der Waals surface area contributed by atoms with Crippen LogP contribution in [-0.2, 0) is 6.42 Å². The molecule has 1 atom stereocenters. The maximum Gasteiger partial charge on any atom is 0.00610 e. The Morgan fingerprint density at radius 1 is 0.516 bits per heavy atom. The monoisotopic (exact) mass is 398 g/mol. The molecule has 31 heavy (non-hydrogen) atoms. The summed E-state index contributed by atoms with van der Waals surface area (Å²) in [6, 6.07) is 43.9. The van der Waals surface area contributed by atoms with Crippen molar-refractivity contribution in [2.24, 2.45) is 0 Å². The van der Waals surface area contributed by atoms with E-state index in [1.165, 1.54) is 44.2 Å². The number of fused-ring (bicyclic) bond motifs is 1. The van der Waals surface area contributed by atoms with Gasteiger partial charge in [-0.25, -0.2) is 0 Å². The van der Waals surface area contributed by atoms with Gasteiger partial charge in [-0.05, 0) is 50.6 Å². The van der Waals surface area contributed by atoms with Crippen molar-refractivity contribution in [3.63, 3.8) is 0 Å². The summed E-state index contributed by atoms with van der Waals surface area (Å²) in [5.74, 6) is 0.401. The van der Waals surface area contributed by atoms with Crippen LogP contribution in [0, 0.1) is 0 Å². The maximum atomic E-state index is 2.27. The first-order valence-corrected chi connectivity index (χ1v) is 11.0. The van der Waals surface area contributed by atoms with Crippen molar-refractivity contribution in [3.8, 4) is 11.1 Å². The van der Waals surface area contributed by atoms with Gasteiger partial charge in [0.2, 0.25) is 0 Å². The summed E-state index contributed by atoms with van der Waals surface area (Å²) in [6.45, 7) is 2.27. The van der Waals surface area contributed by atoms with Gasteiger partial charge in [-0.2, -0.15) is 0 Å². The molecule has 0 bridgehead atoms. The van der Waals surface area contributed by atoms with Gasteiger partial charge in [-0.1, -0.05) is 128 Å². The smallest absolute Gasteiger partial charge is 0.00610 e. The van der Waals surface area contributed by atoms with Gasteiger partial charge < -0.3 is 0 Å². The predicted octanol–water partition coefficient (Wildman–Crippen LogP) is 8.25. The standard InChI is InChI=1S/C31H26/c1-23(25-8-3-2-4-9-25)26-18-20-28(21-19-26)27-16-14-24(15-17-27)22-30-12-7-11-29-10-5-6-13-31(29)30/h2-21,23H,22H2,1H3. The first-order valence-electron chi connectivity index (χ1n) is 11.0. The molecule has 0 aliphatic carbocycles. The van der Waals surface area contributed by atoms with E-state index >= 15 is 0 Å². The third-order valence-electron chi connectivity index (χ3n) is 6.27. The Kier molecular flexibility index (Phi) is 5.37. The van der Waals surface area contributed by atoms with Crippen molar-refractivity contribution in [1.82, 2.24) is 0 Å². The molecule has 0 heterocycles. The van der Waals surface area contributed by atoms with Crippen molar-refractivity contribution in [2.45, 2.75) is 19.3 Å². The van der Waals surface area contributed by atoms with E-state index in [0.29, 0.717) is 5.92 Å². The minimum absolute atomic E-state index is 0.401. The molecule has 0 nitrogen and oxygen atoms in total. The lowest BCUT2D eigenvalue weighted by Gasteiger charge is -2.13. The van der Waals surface area contributed by atoms with Gasteiger partial charge >= 0.3 is 0 Å². The van der Waals surface area contributed by atoms with Gasteiger partial charge in [-0.3, -0.25) is 0 Å². The van der Waals surface area contributed by atoms with Crippen LogP contribution in [0.1, 0.15) is 35.1 Å². The van der Waals surface area contributed by atoms with Crippen LogP contribution in [0.4, 0.5) is 0 Å². The molecule has 150 valence electrons. The van der Waals surface area contributed by atoms with E-state index in [4.69, 9.17) is 0 Å². The first kappa shape index (κ1) is 19.3. The summed E-state index contributed by atoms with van der Waals surface area (Å²) in [7, 11) is 0. The van der Waals surface area contributed by atoms with Gasteiger partial charge in [0.25, 0.3) is 0 Å². The molecule has 5 rings (SSSR count). The fraction of sp³-hybridized carbons (Fsp3) is 0.0968.